The first kappa shape index (κ1) is 41.4. The van der Waals surface area contributed by atoms with Gasteiger partial charge >= 0.3 is 0 Å². The van der Waals surface area contributed by atoms with Gasteiger partial charge in [-0.1, -0.05) is 200 Å². The molecule has 0 N–H and O–H groups in total. The van der Waals surface area contributed by atoms with E-state index in [1.54, 1.807) is 0 Å². The van der Waals surface area contributed by atoms with E-state index >= 15 is 0 Å². The molecule has 4 nitrogen and oxygen atoms in total. The van der Waals surface area contributed by atoms with Gasteiger partial charge in [0.2, 0.25) is 0 Å². The summed E-state index contributed by atoms with van der Waals surface area (Å²) in [6, 6.07) is 86.5. The molecule has 69 heavy (non-hydrogen) atoms. The monoisotopic (exact) mass is 882 g/mol. The van der Waals surface area contributed by atoms with Crippen molar-refractivity contribution in [2.75, 3.05) is 0 Å². The molecular formula is C65H46N4. The summed E-state index contributed by atoms with van der Waals surface area (Å²) in [5, 5.41) is 2.40. The van der Waals surface area contributed by atoms with Gasteiger partial charge in [-0.2, -0.15) is 0 Å². The number of nitrogens with zero attached hydrogens (tertiary/aromatic N) is 4. The van der Waals surface area contributed by atoms with Crippen molar-refractivity contribution in [3.63, 3.8) is 0 Å². The standard InChI is InChI=1S/C65H46N4/c1-43-20-15-16-33-55(43)57-35-19-34-56(44(57)2)51-36-37-61-59(40-51)60-42-53(45-21-7-3-8-22-45)41-58(46-23-9-4-10-24-46)62(60)69(61)54-32-18-30-50(39-54)49-29-17-31-52(38-49)65-67-63(47-25-11-5-12-26-47)66-64(68-65)48-27-13-6-14-28-48/h3-42H,1-2H3. The largest absolute Gasteiger partial charge is 0.309 e. The minimum Gasteiger partial charge on any atom is -0.309 e. The van der Waals surface area contributed by atoms with Crippen LogP contribution in [0.15, 0.2) is 243 Å². The average molecular weight is 883 g/mol. The van der Waals surface area contributed by atoms with Gasteiger partial charge in [0.25, 0.3) is 0 Å². The molecule has 0 radical (unpaired) electrons. The van der Waals surface area contributed by atoms with Crippen LogP contribution in [0.4, 0.5) is 0 Å². The molecule has 0 unspecified atom stereocenters. The lowest BCUT2D eigenvalue weighted by atomic mass is 9.90. The van der Waals surface area contributed by atoms with E-state index < -0.39 is 0 Å². The number of aromatic nitrogens is 4. The second-order valence-electron chi connectivity index (χ2n) is 17.7. The Morgan fingerprint density at radius 2 is 0.783 bits per heavy atom. The number of aryl methyl sites for hydroxylation is 1. The number of rotatable bonds is 9. The summed E-state index contributed by atoms with van der Waals surface area (Å²) in [7, 11) is 0. The maximum Gasteiger partial charge on any atom is 0.164 e. The van der Waals surface area contributed by atoms with Gasteiger partial charge in [-0.15, -0.1) is 0 Å². The van der Waals surface area contributed by atoms with Crippen molar-refractivity contribution in [1.29, 1.82) is 0 Å². The Kier molecular flexibility index (Phi) is 10.6. The van der Waals surface area contributed by atoms with Crippen LogP contribution in [-0.2, 0) is 0 Å². The molecule has 0 fully saturated rings. The molecule has 12 aromatic rings. The Labute approximate surface area is 402 Å². The van der Waals surface area contributed by atoms with Crippen LogP contribution in [0.5, 0.6) is 0 Å². The lowest BCUT2D eigenvalue weighted by Gasteiger charge is -2.15. The van der Waals surface area contributed by atoms with Crippen molar-refractivity contribution in [1.82, 2.24) is 19.5 Å². The molecule has 0 aliphatic rings. The highest BCUT2D eigenvalue weighted by molar-refractivity contribution is 6.16. The molecule has 0 saturated carbocycles. The maximum atomic E-state index is 5.06. The van der Waals surface area contributed by atoms with Crippen LogP contribution in [0.1, 0.15) is 11.1 Å². The summed E-state index contributed by atoms with van der Waals surface area (Å²) in [6.07, 6.45) is 0. The zero-order valence-corrected chi connectivity index (χ0v) is 38.4. The lowest BCUT2D eigenvalue weighted by Crippen LogP contribution is -2.00. The molecule has 0 atom stereocenters. The lowest BCUT2D eigenvalue weighted by molar-refractivity contribution is 1.07. The van der Waals surface area contributed by atoms with Crippen LogP contribution in [0.3, 0.4) is 0 Å². The summed E-state index contributed by atoms with van der Waals surface area (Å²) in [6.45, 7) is 4.46. The van der Waals surface area contributed by atoms with E-state index in [2.05, 4.69) is 200 Å². The Hall–Kier alpha value is -8.99. The van der Waals surface area contributed by atoms with Gasteiger partial charge in [-0.05, 0) is 118 Å². The highest BCUT2D eigenvalue weighted by Gasteiger charge is 2.21. The topological polar surface area (TPSA) is 43.6 Å². The third kappa shape index (κ3) is 7.78. The Morgan fingerprint density at radius 3 is 1.45 bits per heavy atom. The van der Waals surface area contributed by atoms with E-state index in [1.165, 1.54) is 60.8 Å². The zero-order chi connectivity index (χ0) is 46.3. The van der Waals surface area contributed by atoms with Crippen LogP contribution in [-0.4, -0.2) is 19.5 Å². The molecule has 10 aromatic carbocycles. The fraction of sp³-hybridized carbons (Fsp3) is 0.0308. The molecule has 0 bridgehead atoms. The van der Waals surface area contributed by atoms with E-state index in [1.807, 2.05) is 60.7 Å². The molecule has 12 rings (SSSR count). The van der Waals surface area contributed by atoms with Crippen molar-refractivity contribution in [2.24, 2.45) is 0 Å². The number of hydrogen-bond donors (Lipinski definition) is 0. The van der Waals surface area contributed by atoms with Gasteiger partial charge in [0.1, 0.15) is 0 Å². The smallest absolute Gasteiger partial charge is 0.164 e. The number of hydrogen-bond acceptors (Lipinski definition) is 3. The second kappa shape index (κ2) is 17.7. The first-order valence-electron chi connectivity index (χ1n) is 23.5. The van der Waals surface area contributed by atoms with Gasteiger partial charge in [0.15, 0.2) is 17.5 Å². The summed E-state index contributed by atoms with van der Waals surface area (Å²) >= 11 is 0. The van der Waals surface area contributed by atoms with Gasteiger partial charge in [-0.25, -0.2) is 15.0 Å². The molecule has 326 valence electrons. The van der Waals surface area contributed by atoms with Crippen molar-refractivity contribution in [3.8, 4) is 95.5 Å². The van der Waals surface area contributed by atoms with Gasteiger partial charge in [-0.3, -0.25) is 0 Å². The van der Waals surface area contributed by atoms with E-state index in [4.69, 9.17) is 15.0 Å². The minimum absolute atomic E-state index is 0.625. The van der Waals surface area contributed by atoms with Crippen molar-refractivity contribution in [3.05, 3.63) is 254 Å². The minimum atomic E-state index is 0.625. The molecule has 0 aliphatic heterocycles. The van der Waals surface area contributed by atoms with E-state index in [0.717, 1.165) is 50.1 Å². The summed E-state index contributed by atoms with van der Waals surface area (Å²) in [4.78, 5) is 15.1. The van der Waals surface area contributed by atoms with Gasteiger partial charge in [0, 0.05) is 38.7 Å². The number of benzene rings is 10. The Balaban J connectivity index is 1.05. The highest BCUT2D eigenvalue weighted by Crippen LogP contribution is 2.44. The molecule has 4 heteroatoms. The van der Waals surface area contributed by atoms with Crippen LogP contribution >= 0.6 is 0 Å². The highest BCUT2D eigenvalue weighted by atomic mass is 15.0. The Morgan fingerprint density at radius 1 is 0.290 bits per heavy atom. The SMILES string of the molecule is Cc1ccccc1-c1cccc(-c2ccc3c(c2)c2cc(-c4ccccc4)cc(-c4ccccc4)c2n3-c2cccc(-c3cccc(-c4nc(-c5ccccc5)nc(-c5ccccc5)n4)c3)c2)c1C. The molecule has 0 saturated heterocycles. The molecule has 2 aromatic heterocycles. The maximum absolute atomic E-state index is 5.06. The van der Waals surface area contributed by atoms with Crippen molar-refractivity contribution in [2.45, 2.75) is 13.8 Å². The quantitative estimate of drug-likeness (QED) is 0.145. The van der Waals surface area contributed by atoms with Gasteiger partial charge in [0.05, 0.1) is 11.0 Å². The van der Waals surface area contributed by atoms with Crippen LogP contribution < -0.4 is 0 Å². The van der Waals surface area contributed by atoms with Crippen molar-refractivity contribution < 1.29 is 0 Å². The third-order valence-corrected chi connectivity index (χ3v) is 13.4. The van der Waals surface area contributed by atoms with E-state index in [-0.39, 0.29) is 0 Å². The zero-order valence-electron chi connectivity index (χ0n) is 38.4. The molecular weight excluding hydrogens is 837 g/mol. The predicted molar refractivity (Wildman–Crippen MR) is 287 cm³/mol. The summed E-state index contributed by atoms with van der Waals surface area (Å²) in [5.74, 6) is 1.90. The third-order valence-electron chi connectivity index (χ3n) is 13.4. The first-order chi connectivity index (χ1) is 34.0. The van der Waals surface area contributed by atoms with E-state index in [0.29, 0.717) is 17.5 Å². The average Bonchev–Trinajstić information content (AvgIpc) is 3.75. The fourth-order valence-corrected chi connectivity index (χ4v) is 9.93. The predicted octanol–water partition coefficient (Wildman–Crippen LogP) is 16.9. The number of fused-ring (bicyclic) bond motifs is 3. The Bertz CT molecular complexity index is 3780. The van der Waals surface area contributed by atoms with Crippen LogP contribution in [0.2, 0.25) is 0 Å². The molecule has 2 heterocycles. The molecule has 0 amide bonds. The molecule has 0 spiro atoms. The second-order valence-corrected chi connectivity index (χ2v) is 17.7. The van der Waals surface area contributed by atoms with E-state index in [9.17, 15) is 0 Å². The van der Waals surface area contributed by atoms with Crippen molar-refractivity contribution >= 4 is 21.8 Å². The summed E-state index contributed by atoms with van der Waals surface area (Å²) < 4.78 is 2.47. The van der Waals surface area contributed by atoms with Crippen LogP contribution in [0.25, 0.3) is 117 Å². The van der Waals surface area contributed by atoms with Crippen LogP contribution in [0, 0.1) is 13.8 Å². The first-order valence-corrected chi connectivity index (χ1v) is 23.5. The molecule has 0 aliphatic carbocycles. The summed E-state index contributed by atoms with van der Waals surface area (Å²) in [5.41, 5.74) is 20.5. The van der Waals surface area contributed by atoms with Gasteiger partial charge < -0.3 is 4.57 Å². The fourth-order valence-electron chi connectivity index (χ4n) is 9.93. The normalized spacial score (nSPS) is 11.3.